The molecule has 4 nitrogen and oxygen atoms in total. The molecule has 0 radical (unpaired) electrons. The first kappa shape index (κ1) is 16.1. The van der Waals surface area contributed by atoms with Gasteiger partial charge in [0.15, 0.2) is 5.16 Å². The molecule has 1 aromatic carbocycles. The van der Waals surface area contributed by atoms with Crippen LogP contribution in [-0.2, 0) is 6.54 Å². The summed E-state index contributed by atoms with van der Waals surface area (Å²) in [5, 5.41) is 9.68. The lowest BCUT2D eigenvalue weighted by atomic mass is 10.1. The molecule has 1 fully saturated rings. The number of hydrogen-bond donors (Lipinski definition) is 0. The number of ether oxygens (including phenoxy) is 1. The molecule has 23 heavy (non-hydrogen) atoms. The van der Waals surface area contributed by atoms with Crippen LogP contribution in [0.2, 0.25) is 0 Å². The molecule has 0 amide bonds. The van der Waals surface area contributed by atoms with E-state index in [-0.39, 0.29) is 0 Å². The highest BCUT2D eigenvalue weighted by molar-refractivity contribution is 7.99. The lowest BCUT2D eigenvalue weighted by Crippen LogP contribution is -2.06. The van der Waals surface area contributed by atoms with E-state index in [1.807, 2.05) is 6.08 Å². The van der Waals surface area contributed by atoms with Gasteiger partial charge in [-0.3, -0.25) is 0 Å². The maximum absolute atomic E-state index is 5.96. The number of benzene rings is 1. The number of nitrogens with zero attached hydrogens (tertiary/aromatic N) is 3. The van der Waals surface area contributed by atoms with E-state index in [0.29, 0.717) is 12.5 Å². The van der Waals surface area contributed by atoms with E-state index in [0.717, 1.165) is 29.0 Å². The van der Waals surface area contributed by atoms with Crippen LogP contribution in [-0.4, -0.2) is 27.1 Å². The SMILES string of the molecule is C=CCn1c(SCCOc2c(C)cccc2C)nnc1C1CC1. The summed E-state index contributed by atoms with van der Waals surface area (Å²) in [6, 6.07) is 6.22. The van der Waals surface area contributed by atoms with E-state index in [2.05, 4.69) is 53.4 Å². The molecule has 1 heterocycles. The highest BCUT2D eigenvalue weighted by Crippen LogP contribution is 2.40. The molecular formula is C18H23N3OS. The Morgan fingerprint density at radius 3 is 2.70 bits per heavy atom. The van der Waals surface area contributed by atoms with Crippen molar-refractivity contribution in [2.75, 3.05) is 12.4 Å². The smallest absolute Gasteiger partial charge is 0.191 e. The summed E-state index contributed by atoms with van der Waals surface area (Å²) >= 11 is 1.70. The van der Waals surface area contributed by atoms with E-state index in [1.165, 1.54) is 24.0 Å². The van der Waals surface area contributed by atoms with Gasteiger partial charge in [0.1, 0.15) is 11.6 Å². The fraction of sp³-hybridized carbons (Fsp3) is 0.444. The van der Waals surface area contributed by atoms with Crippen LogP contribution in [0.5, 0.6) is 5.75 Å². The van der Waals surface area contributed by atoms with Crippen LogP contribution in [0.25, 0.3) is 0 Å². The number of para-hydroxylation sites is 1. The van der Waals surface area contributed by atoms with E-state index < -0.39 is 0 Å². The monoisotopic (exact) mass is 329 g/mol. The van der Waals surface area contributed by atoms with Gasteiger partial charge in [-0.15, -0.1) is 16.8 Å². The van der Waals surface area contributed by atoms with Crippen molar-refractivity contribution < 1.29 is 4.74 Å². The second-order valence-electron chi connectivity index (χ2n) is 5.93. The van der Waals surface area contributed by atoms with Crippen molar-refractivity contribution in [3.05, 3.63) is 47.8 Å². The number of allylic oxidation sites excluding steroid dienone is 1. The Balaban J connectivity index is 1.57. The summed E-state index contributed by atoms with van der Waals surface area (Å²) in [5.74, 6) is 3.57. The molecule has 3 rings (SSSR count). The third kappa shape index (κ3) is 3.78. The summed E-state index contributed by atoms with van der Waals surface area (Å²) in [6.07, 6.45) is 4.37. The van der Waals surface area contributed by atoms with Crippen molar-refractivity contribution in [1.82, 2.24) is 14.8 Å². The molecule has 0 saturated heterocycles. The first-order chi connectivity index (χ1) is 11.2. The molecule has 1 saturated carbocycles. The van der Waals surface area contributed by atoms with Gasteiger partial charge < -0.3 is 9.30 Å². The second kappa shape index (κ2) is 7.21. The molecule has 0 bridgehead atoms. The average Bonchev–Trinajstić information content (AvgIpc) is 3.30. The topological polar surface area (TPSA) is 39.9 Å². The summed E-state index contributed by atoms with van der Waals surface area (Å²) in [7, 11) is 0. The Hall–Kier alpha value is -1.75. The zero-order valence-electron chi connectivity index (χ0n) is 13.8. The van der Waals surface area contributed by atoms with Gasteiger partial charge in [0.05, 0.1) is 6.61 Å². The Labute approximate surface area is 142 Å². The van der Waals surface area contributed by atoms with E-state index >= 15 is 0 Å². The Morgan fingerprint density at radius 2 is 2.04 bits per heavy atom. The van der Waals surface area contributed by atoms with Crippen LogP contribution in [0.4, 0.5) is 0 Å². The van der Waals surface area contributed by atoms with Crippen molar-refractivity contribution in [2.45, 2.75) is 44.3 Å². The fourth-order valence-corrected chi connectivity index (χ4v) is 3.43. The third-order valence-corrected chi connectivity index (χ3v) is 4.90. The van der Waals surface area contributed by atoms with Crippen molar-refractivity contribution in [1.29, 1.82) is 0 Å². The largest absolute Gasteiger partial charge is 0.492 e. The summed E-state index contributed by atoms with van der Waals surface area (Å²) in [5.41, 5.74) is 2.36. The maximum atomic E-state index is 5.96. The molecule has 0 unspecified atom stereocenters. The van der Waals surface area contributed by atoms with Crippen LogP contribution in [0.3, 0.4) is 0 Å². The van der Waals surface area contributed by atoms with Crippen molar-refractivity contribution in [3.8, 4) is 5.75 Å². The lowest BCUT2D eigenvalue weighted by Gasteiger charge is -2.12. The van der Waals surface area contributed by atoms with Gasteiger partial charge in [-0.2, -0.15) is 0 Å². The molecule has 0 aliphatic heterocycles. The first-order valence-electron chi connectivity index (χ1n) is 8.06. The Morgan fingerprint density at radius 1 is 1.30 bits per heavy atom. The fourth-order valence-electron chi connectivity index (χ4n) is 2.65. The van der Waals surface area contributed by atoms with Gasteiger partial charge in [0.25, 0.3) is 0 Å². The van der Waals surface area contributed by atoms with Crippen LogP contribution in [0, 0.1) is 13.8 Å². The number of rotatable bonds is 8. The maximum Gasteiger partial charge on any atom is 0.191 e. The van der Waals surface area contributed by atoms with Crippen LogP contribution in [0.1, 0.15) is 35.7 Å². The minimum Gasteiger partial charge on any atom is -0.492 e. The quantitative estimate of drug-likeness (QED) is 0.415. The average molecular weight is 329 g/mol. The molecule has 1 aromatic heterocycles. The Kier molecular flexibility index (Phi) is 5.06. The molecule has 2 aromatic rings. The van der Waals surface area contributed by atoms with Gasteiger partial charge in [-0.25, -0.2) is 0 Å². The number of aryl methyl sites for hydroxylation is 2. The van der Waals surface area contributed by atoms with Gasteiger partial charge in [0.2, 0.25) is 0 Å². The number of aromatic nitrogens is 3. The van der Waals surface area contributed by atoms with Crippen molar-refractivity contribution >= 4 is 11.8 Å². The summed E-state index contributed by atoms with van der Waals surface area (Å²) in [4.78, 5) is 0. The highest BCUT2D eigenvalue weighted by Gasteiger charge is 2.30. The Bertz CT molecular complexity index is 671. The molecule has 0 spiro atoms. The predicted molar refractivity (Wildman–Crippen MR) is 94.3 cm³/mol. The molecular weight excluding hydrogens is 306 g/mol. The van der Waals surface area contributed by atoms with Crippen LogP contribution < -0.4 is 4.74 Å². The predicted octanol–water partition coefficient (Wildman–Crippen LogP) is 4.13. The molecule has 122 valence electrons. The zero-order valence-corrected chi connectivity index (χ0v) is 14.6. The zero-order chi connectivity index (χ0) is 16.2. The molecule has 0 N–H and O–H groups in total. The van der Waals surface area contributed by atoms with Crippen molar-refractivity contribution in [2.24, 2.45) is 0 Å². The summed E-state index contributed by atoms with van der Waals surface area (Å²) < 4.78 is 8.15. The van der Waals surface area contributed by atoms with Crippen LogP contribution >= 0.6 is 11.8 Å². The molecule has 0 atom stereocenters. The van der Waals surface area contributed by atoms with E-state index in [1.54, 1.807) is 11.8 Å². The normalized spacial score (nSPS) is 14.0. The van der Waals surface area contributed by atoms with Gasteiger partial charge in [-0.1, -0.05) is 36.0 Å². The van der Waals surface area contributed by atoms with Crippen molar-refractivity contribution in [3.63, 3.8) is 0 Å². The number of hydrogen-bond acceptors (Lipinski definition) is 4. The minimum absolute atomic E-state index is 0.600. The van der Waals surface area contributed by atoms with E-state index in [9.17, 15) is 0 Å². The first-order valence-corrected chi connectivity index (χ1v) is 9.05. The number of thioether (sulfide) groups is 1. The highest BCUT2D eigenvalue weighted by atomic mass is 32.2. The lowest BCUT2D eigenvalue weighted by molar-refractivity contribution is 0.339. The molecule has 1 aliphatic carbocycles. The minimum atomic E-state index is 0.600. The van der Waals surface area contributed by atoms with E-state index in [4.69, 9.17) is 4.74 Å². The standard InChI is InChI=1S/C18H23N3OS/c1-4-10-21-17(15-8-9-15)19-20-18(21)23-12-11-22-16-13(2)6-5-7-14(16)3/h4-7,15H,1,8-12H2,2-3H3. The summed E-state index contributed by atoms with van der Waals surface area (Å²) in [6.45, 7) is 9.45. The van der Waals surface area contributed by atoms with Gasteiger partial charge in [0, 0.05) is 18.2 Å². The molecule has 5 heteroatoms. The third-order valence-electron chi connectivity index (χ3n) is 3.97. The van der Waals surface area contributed by atoms with Crippen LogP contribution in [0.15, 0.2) is 36.0 Å². The van der Waals surface area contributed by atoms with Gasteiger partial charge >= 0.3 is 0 Å². The van der Waals surface area contributed by atoms with Gasteiger partial charge in [-0.05, 0) is 37.8 Å². The second-order valence-corrected chi connectivity index (χ2v) is 6.99. The molecule has 1 aliphatic rings.